The van der Waals surface area contributed by atoms with E-state index in [2.05, 4.69) is 22.5 Å². The molecule has 0 aliphatic rings. The number of unbranched alkanes of at least 4 members (excludes halogenated alkanes) is 2. The Morgan fingerprint density at radius 2 is 1.61 bits per heavy atom. The summed E-state index contributed by atoms with van der Waals surface area (Å²) in [6.45, 7) is 3.68. The van der Waals surface area contributed by atoms with E-state index in [1.54, 1.807) is 28.4 Å². The Bertz CT molecular complexity index is 504. The molecule has 0 saturated carbocycles. The molecule has 1 aromatic carbocycles. The summed E-state index contributed by atoms with van der Waals surface area (Å²) in [5.74, 6) is 2.85. The van der Waals surface area contributed by atoms with E-state index in [1.807, 2.05) is 12.1 Å². The highest BCUT2D eigenvalue weighted by Gasteiger charge is 2.12. The Hall–Kier alpha value is -2.11. The minimum atomic E-state index is 0.580. The van der Waals surface area contributed by atoms with E-state index >= 15 is 0 Å². The van der Waals surface area contributed by atoms with Crippen LogP contribution in [0.25, 0.3) is 0 Å². The number of aliphatic imine (C=N–C) groups is 1. The van der Waals surface area contributed by atoms with Gasteiger partial charge in [0.15, 0.2) is 17.5 Å². The second-order valence-electron chi connectivity index (χ2n) is 5.08. The standard InChI is InChI=1S/C17H29N3O3/c1-6-7-8-9-19-17(18-2)20-12-13-10-15(22-4)16(23-5)11-14(13)21-3/h10-11H,6-9,12H2,1-5H3,(H2,18,19,20). The second kappa shape index (κ2) is 10.6. The van der Waals surface area contributed by atoms with Crippen LogP contribution in [0, 0.1) is 0 Å². The van der Waals surface area contributed by atoms with Crippen LogP contribution in [-0.4, -0.2) is 40.9 Å². The first-order valence-corrected chi connectivity index (χ1v) is 7.93. The molecule has 0 aliphatic carbocycles. The monoisotopic (exact) mass is 323 g/mol. The molecule has 2 N–H and O–H groups in total. The number of methoxy groups -OCH3 is 3. The summed E-state index contributed by atoms with van der Waals surface area (Å²) >= 11 is 0. The van der Waals surface area contributed by atoms with Crippen LogP contribution in [-0.2, 0) is 6.54 Å². The van der Waals surface area contributed by atoms with Gasteiger partial charge in [0.25, 0.3) is 0 Å². The molecule has 0 radical (unpaired) electrons. The first-order chi connectivity index (χ1) is 11.2. The van der Waals surface area contributed by atoms with E-state index in [1.165, 1.54) is 12.8 Å². The SMILES string of the molecule is CCCCCNC(=NC)NCc1cc(OC)c(OC)cc1OC. The fourth-order valence-electron chi connectivity index (χ4n) is 2.21. The molecular weight excluding hydrogens is 294 g/mol. The van der Waals surface area contributed by atoms with E-state index in [0.717, 1.165) is 30.2 Å². The van der Waals surface area contributed by atoms with Crippen LogP contribution in [0.4, 0.5) is 0 Å². The van der Waals surface area contributed by atoms with Crippen molar-refractivity contribution >= 4 is 5.96 Å². The van der Waals surface area contributed by atoms with Crippen molar-refractivity contribution in [1.82, 2.24) is 10.6 Å². The van der Waals surface area contributed by atoms with Crippen molar-refractivity contribution in [2.75, 3.05) is 34.9 Å². The van der Waals surface area contributed by atoms with Gasteiger partial charge < -0.3 is 24.8 Å². The number of guanidine groups is 1. The third-order valence-electron chi connectivity index (χ3n) is 3.53. The molecule has 0 amide bonds. The number of nitrogens with zero attached hydrogens (tertiary/aromatic N) is 1. The summed E-state index contributed by atoms with van der Waals surface area (Å²) in [7, 11) is 6.64. The van der Waals surface area contributed by atoms with Crippen molar-refractivity contribution in [3.05, 3.63) is 17.7 Å². The first-order valence-electron chi connectivity index (χ1n) is 7.93. The van der Waals surface area contributed by atoms with Crippen LogP contribution in [0.5, 0.6) is 17.2 Å². The summed E-state index contributed by atoms with van der Waals surface area (Å²) < 4.78 is 16.1. The lowest BCUT2D eigenvalue weighted by Crippen LogP contribution is -2.37. The topological polar surface area (TPSA) is 64.1 Å². The van der Waals surface area contributed by atoms with Gasteiger partial charge in [-0.2, -0.15) is 0 Å². The van der Waals surface area contributed by atoms with Crippen LogP contribution in [0.1, 0.15) is 31.7 Å². The fourth-order valence-corrected chi connectivity index (χ4v) is 2.21. The number of nitrogens with one attached hydrogen (secondary N) is 2. The summed E-state index contributed by atoms with van der Waals surface area (Å²) in [5.41, 5.74) is 0.974. The predicted molar refractivity (Wildman–Crippen MR) is 93.8 cm³/mol. The van der Waals surface area contributed by atoms with Gasteiger partial charge in [-0.3, -0.25) is 4.99 Å². The highest BCUT2D eigenvalue weighted by Crippen LogP contribution is 2.34. The molecule has 0 atom stereocenters. The van der Waals surface area contributed by atoms with Gasteiger partial charge in [0.05, 0.1) is 21.3 Å². The number of rotatable bonds is 9. The number of hydrogen-bond acceptors (Lipinski definition) is 4. The molecule has 23 heavy (non-hydrogen) atoms. The lowest BCUT2D eigenvalue weighted by atomic mass is 10.1. The number of benzene rings is 1. The van der Waals surface area contributed by atoms with Crippen molar-refractivity contribution in [3.8, 4) is 17.2 Å². The van der Waals surface area contributed by atoms with E-state index in [0.29, 0.717) is 18.0 Å². The molecule has 6 heteroatoms. The van der Waals surface area contributed by atoms with E-state index in [9.17, 15) is 0 Å². The van der Waals surface area contributed by atoms with Crippen LogP contribution in [0.2, 0.25) is 0 Å². The summed E-state index contributed by atoms with van der Waals surface area (Å²) in [5, 5.41) is 6.59. The van der Waals surface area contributed by atoms with Gasteiger partial charge in [0.2, 0.25) is 0 Å². The van der Waals surface area contributed by atoms with Crippen molar-refractivity contribution in [2.24, 2.45) is 4.99 Å². The Labute approximate surface area is 139 Å². The molecule has 0 aromatic heterocycles. The molecule has 0 unspecified atom stereocenters. The van der Waals surface area contributed by atoms with E-state index in [-0.39, 0.29) is 0 Å². The maximum absolute atomic E-state index is 5.43. The lowest BCUT2D eigenvalue weighted by Gasteiger charge is -2.16. The number of ether oxygens (including phenoxy) is 3. The molecule has 1 aromatic rings. The summed E-state index contributed by atoms with van der Waals surface area (Å²) in [6, 6.07) is 3.74. The van der Waals surface area contributed by atoms with Gasteiger partial charge >= 0.3 is 0 Å². The number of hydrogen-bond donors (Lipinski definition) is 2. The molecule has 0 bridgehead atoms. The molecule has 0 aliphatic heterocycles. The first kappa shape index (κ1) is 18.9. The minimum Gasteiger partial charge on any atom is -0.496 e. The van der Waals surface area contributed by atoms with E-state index in [4.69, 9.17) is 14.2 Å². The Kier molecular flexibility index (Phi) is 8.72. The average Bonchev–Trinajstić information content (AvgIpc) is 2.60. The van der Waals surface area contributed by atoms with Crippen LogP contribution in [0.15, 0.2) is 17.1 Å². The second-order valence-corrected chi connectivity index (χ2v) is 5.08. The fraction of sp³-hybridized carbons (Fsp3) is 0.588. The highest BCUT2D eigenvalue weighted by molar-refractivity contribution is 5.79. The lowest BCUT2D eigenvalue weighted by molar-refractivity contribution is 0.347. The quantitative estimate of drug-likeness (QED) is 0.415. The summed E-state index contributed by atoms with van der Waals surface area (Å²) in [6.07, 6.45) is 3.56. The predicted octanol–water partition coefficient (Wildman–Crippen LogP) is 2.57. The Balaban J connectivity index is 2.71. The van der Waals surface area contributed by atoms with Gasteiger partial charge in [-0.1, -0.05) is 19.8 Å². The zero-order valence-electron chi connectivity index (χ0n) is 14.9. The van der Waals surface area contributed by atoms with Crippen LogP contribution >= 0.6 is 0 Å². The van der Waals surface area contributed by atoms with Gasteiger partial charge in [-0.25, -0.2) is 0 Å². The molecule has 130 valence electrons. The third-order valence-corrected chi connectivity index (χ3v) is 3.53. The third kappa shape index (κ3) is 5.88. The van der Waals surface area contributed by atoms with Crippen molar-refractivity contribution in [3.63, 3.8) is 0 Å². The van der Waals surface area contributed by atoms with Gasteiger partial charge in [-0.05, 0) is 12.5 Å². The van der Waals surface area contributed by atoms with Gasteiger partial charge in [0.1, 0.15) is 5.75 Å². The van der Waals surface area contributed by atoms with Gasteiger partial charge in [0, 0.05) is 31.8 Å². The minimum absolute atomic E-state index is 0.580. The van der Waals surface area contributed by atoms with Crippen LogP contribution in [0.3, 0.4) is 0 Å². The zero-order valence-corrected chi connectivity index (χ0v) is 14.9. The molecule has 0 heterocycles. The summed E-state index contributed by atoms with van der Waals surface area (Å²) in [4.78, 5) is 4.23. The van der Waals surface area contributed by atoms with E-state index < -0.39 is 0 Å². The maximum atomic E-state index is 5.43. The largest absolute Gasteiger partial charge is 0.496 e. The molecule has 0 saturated heterocycles. The van der Waals surface area contributed by atoms with Crippen molar-refractivity contribution in [2.45, 2.75) is 32.7 Å². The zero-order chi connectivity index (χ0) is 17.1. The average molecular weight is 323 g/mol. The molecule has 6 nitrogen and oxygen atoms in total. The Morgan fingerprint density at radius 1 is 0.957 bits per heavy atom. The normalized spacial score (nSPS) is 11.1. The molecular formula is C17H29N3O3. The van der Waals surface area contributed by atoms with Crippen molar-refractivity contribution in [1.29, 1.82) is 0 Å². The van der Waals surface area contributed by atoms with Crippen LogP contribution < -0.4 is 24.8 Å². The maximum Gasteiger partial charge on any atom is 0.191 e. The van der Waals surface area contributed by atoms with Crippen molar-refractivity contribution < 1.29 is 14.2 Å². The molecule has 0 fully saturated rings. The molecule has 0 spiro atoms. The Morgan fingerprint density at radius 3 is 2.17 bits per heavy atom. The smallest absolute Gasteiger partial charge is 0.191 e. The highest BCUT2D eigenvalue weighted by atomic mass is 16.5. The van der Waals surface area contributed by atoms with Gasteiger partial charge in [-0.15, -0.1) is 0 Å². The molecule has 1 rings (SSSR count).